The molecule has 0 amide bonds. The molecule has 0 unspecified atom stereocenters. The zero-order chi connectivity index (χ0) is 49.5. The maximum absolute atomic E-state index is 6.58. The van der Waals surface area contributed by atoms with Crippen molar-refractivity contribution in [1.82, 2.24) is 0 Å². The first-order valence-electron chi connectivity index (χ1n) is 26.9. The van der Waals surface area contributed by atoms with Gasteiger partial charge in [0.05, 0.1) is 28.1 Å². The zero-order valence-electron chi connectivity index (χ0n) is 45.6. The van der Waals surface area contributed by atoms with Gasteiger partial charge in [-0.2, -0.15) is 0 Å². The number of fused-ring (bicyclic) bond motifs is 3. The van der Waals surface area contributed by atoms with Gasteiger partial charge in [-0.05, 0) is 148 Å². The molecule has 7 rings (SSSR count). The van der Waals surface area contributed by atoms with E-state index in [4.69, 9.17) is 18.6 Å². The smallest absolute Gasteiger partial charge is 0.399 e. The molecule has 0 spiro atoms. The van der Waals surface area contributed by atoms with Gasteiger partial charge in [-0.15, -0.1) is 0 Å². The second-order valence-electron chi connectivity index (χ2n) is 25.0. The zero-order valence-corrected chi connectivity index (χ0v) is 45.6. The summed E-state index contributed by atoms with van der Waals surface area (Å²) in [4.78, 5) is 2.53. The van der Waals surface area contributed by atoms with Crippen LogP contribution < -0.4 is 15.8 Å². The van der Waals surface area contributed by atoms with E-state index in [1.807, 2.05) is 0 Å². The minimum Gasteiger partial charge on any atom is -0.399 e. The van der Waals surface area contributed by atoms with Crippen molar-refractivity contribution in [1.29, 1.82) is 0 Å². The Morgan fingerprint density at radius 3 is 1.22 bits per heavy atom. The van der Waals surface area contributed by atoms with Crippen molar-refractivity contribution in [3.63, 3.8) is 0 Å². The van der Waals surface area contributed by atoms with Crippen LogP contribution in [-0.2, 0) is 34.9 Å². The van der Waals surface area contributed by atoms with Crippen molar-refractivity contribution < 1.29 is 18.6 Å². The topological polar surface area (TPSA) is 40.2 Å². The van der Waals surface area contributed by atoms with Crippen LogP contribution in [0.2, 0.25) is 0 Å². The molecule has 3 aliphatic rings. The van der Waals surface area contributed by atoms with E-state index in [9.17, 15) is 0 Å². The van der Waals surface area contributed by atoms with Gasteiger partial charge in [0.2, 0.25) is 0 Å². The third-order valence-corrected chi connectivity index (χ3v) is 16.7. The number of anilines is 3. The standard InChI is InChI=1S/C61H89B2NO4/c1-17-19-21-23-25-27-39-61(40-28-26-24-22-20-18-2)51-41-44(55(3,4)5)29-38-50(51)54-52(61)42-45(56(6,7)8)43-53(54)64(48-34-30-46(31-35-48)62-65-57(9,10)58(11,12)66-62)49-36-32-47(33-37-49)63-67-59(13,14)60(15,16)68-63/h29-38,41-43H,17-28,39-40H2,1-16H3. The highest BCUT2D eigenvalue weighted by Crippen LogP contribution is 2.60. The molecule has 2 saturated heterocycles. The second kappa shape index (κ2) is 20.0. The molecule has 0 saturated carbocycles. The number of hydrogen-bond acceptors (Lipinski definition) is 5. The van der Waals surface area contributed by atoms with Crippen molar-refractivity contribution in [3.05, 3.63) is 101 Å². The number of unbranched alkanes of at least 4 members (excludes halogenated alkanes) is 10. The summed E-state index contributed by atoms with van der Waals surface area (Å²) < 4.78 is 26.3. The Hall–Kier alpha value is -3.35. The fourth-order valence-corrected chi connectivity index (χ4v) is 10.7. The van der Waals surface area contributed by atoms with E-state index in [0.717, 1.165) is 22.3 Å². The fraction of sp³-hybridized carbons (Fsp3) is 0.607. The summed E-state index contributed by atoms with van der Waals surface area (Å²) in [7, 11) is -0.882. The van der Waals surface area contributed by atoms with E-state index in [-0.39, 0.29) is 16.2 Å². The molecular weight excluding hydrogens is 832 g/mol. The largest absolute Gasteiger partial charge is 0.494 e. The number of benzene rings is 4. The van der Waals surface area contributed by atoms with E-state index in [0.29, 0.717) is 0 Å². The lowest BCUT2D eigenvalue weighted by Gasteiger charge is -2.36. The van der Waals surface area contributed by atoms with Gasteiger partial charge in [-0.25, -0.2) is 0 Å². The molecule has 1 aliphatic carbocycles. The summed E-state index contributed by atoms with van der Waals surface area (Å²) in [6.07, 6.45) is 17.9. The molecule has 0 N–H and O–H groups in total. The second-order valence-corrected chi connectivity index (χ2v) is 25.0. The van der Waals surface area contributed by atoms with Gasteiger partial charge < -0.3 is 23.5 Å². The Morgan fingerprint density at radius 1 is 0.441 bits per heavy atom. The molecule has 2 heterocycles. The average Bonchev–Trinajstić information content (AvgIpc) is 3.77. The Labute approximate surface area is 415 Å². The predicted molar refractivity (Wildman–Crippen MR) is 292 cm³/mol. The van der Waals surface area contributed by atoms with Crippen LogP contribution in [-0.4, -0.2) is 36.6 Å². The minimum absolute atomic E-state index is 0.0269. The molecule has 2 aliphatic heterocycles. The number of nitrogens with zero attached hydrogens (tertiary/aromatic N) is 1. The number of hydrogen-bond donors (Lipinski definition) is 0. The fourth-order valence-electron chi connectivity index (χ4n) is 10.7. The molecule has 2 fully saturated rings. The van der Waals surface area contributed by atoms with Gasteiger partial charge in [0.25, 0.3) is 0 Å². The van der Waals surface area contributed by atoms with Crippen molar-refractivity contribution in [2.24, 2.45) is 0 Å². The minimum atomic E-state index is -0.441. The maximum atomic E-state index is 6.58. The average molecular weight is 922 g/mol. The van der Waals surface area contributed by atoms with E-state index in [1.54, 1.807) is 5.56 Å². The summed E-state index contributed by atoms with van der Waals surface area (Å²) in [5.74, 6) is 0. The molecule has 0 radical (unpaired) electrons. The van der Waals surface area contributed by atoms with E-state index < -0.39 is 36.6 Å². The SMILES string of the molecule is CCCCCCCCC1(CCCCCCCC)c2cc(C(C)(C)C)ccc2-c2c(N(c3ccc(B4OC(C)(C)C(C)(C)O4)cc3)c3ccc(B4OC(C)(C)C(C)(C)O4)cc3)cc(C(C)(C)C)cc21. The van der Waals surface area contributed by atoms with Crippen molar-refractivity contribution in [2.75, 3.05) is 4.90 Å². The summed E-state index contributed by atoms with van der Waals surface area (Å²) >= 11 is 0. The van der Waals surface area contributed by atoms with Gasteiger partial charge in [0.1, 0.15) is 0 Å². The highest BCUT2D eigenvalue weighted by atomic mass is 16.7. The van der Waals surface area contributed by atoms with Gasteiger partial charge in [-0.3, -0.25) is 0 Å². The Morgan fingerprint density at radius 2 is 0.824 bits per heavy atom. The molecule has 0 atom stereocenters. The molecular formula is C61H89B2NO4. The first-order chi connectivity index (χ1) is 31.9. The van der Waals surface area contributed by atoms with Gasteiger partial charge in [0, 0.05) is 22.4 Å². The molecule has 7 heteroatoms. The molecule has 368 valence electrons. The van der Waals surface area contributed by atoms with Gasteiger partial charge >= 0.3 is 14.2 Å². The highest BCUT2D eigenvalue weighted by molar-refractivity contribution is 6.62. The lowest BCUT2D eigenvalue weighted by Crippen LogP contribution is -2.41. The van der Waals surface area contributed by atoms with Crippen LogP contribution in [0.25, 0.3) is 11.1 Å². The Bertz CT molecular complexity index is 2200. The summed E-state index contributed by atoms with van der Waals surface area (Å²) in [6.45, 7) is 36.0. The van der Waals surface area contributed by atoms with Crippen LogP contribution in [0.3, 0.4) is 0 Å². The quantitative estimate of drug-likeness (QED) is 0.0692. The Kier molecular flexibility index (Phi) is 15.5. The first kappa shape index (κ1) is 52.5. The third kappa shape index (κ3) is 10.6. The van der Waals surface area contributed by atoms with Crippen molar-refractivity contribution in [2.45, 2.75) is 239 Å². The normalized spacial score (nSPS) is 18.8. The predicted octanol–water partition coefficient (Wildman–Crippen LogP) is 16.1. The van der Waals surface area contributed by atoms with Crippen LogP contribution in [0.4, 0.5) is 17.1 Å². The lowest BCUT2D eigenvalue weighted by molar-refractivity contribution is 0.00578. The lowest BCUT2D eigenvalue weighted by atomic mass is 9.68. The van der Waals surface area contributed by atoms with Gasteiger partial charge in [-0.1, -0.05) is 181 Å². The molecule has 5 nitrogen and oxygen atoms in total. The van der Waals surface area contributed by atoms with Crippen molar-refractivity contribution >= 4 is 42.2 Å². The van der Waals surface area contributed by atoms with Crippen LogP contribution >= 0.6 is 0 Å². The summed E-state index contributed by atoms with van der Waals surface area (Å²) in [6, 6.07) is 30.7. The molecule has 0 aromatic heterocycles. The summed E-state index contributed by atoms with van der Waals surface area (Å²) in [5, 5.41) is 0. The van der Waals surface area contributed by atoms with Crippen LogP contribution in [0, 0.1) is 0 Å². The third-order valence-electron chi connectivity index (χ3n) is 16.7. The van der Waals surface area contributed by atoms with E-state index in [1.165, 1.54) is 123 Å². The first-order valence-corrected chi connectivity index (χ1v) is 26.9. The molecule has 0 bridgehead atoms. The molecule has 4 aromatic carbocycles. The molecule has 4 aromatic rings. The highest BCUT2D eigenvalue weighted by Gasteiger charge is 2.53. The van der Waals surface area contributed by atoms with Gasteiger partial charge in [0.15, 0.2) is 0 Å². The van der Waals surface area contributed by atoms with Crippen molar-refractivity contribution in [3.8, 4) is 11.1 Å². The van der Waals surface area contributed by atoms with Crippen LogP contribution in [0.5, 0.6) is 0 Å². The monoisotopic (exact) mass is 922 g/mol. The summed E-state index contributed by atoms with van der Waals surface area (Å²) in [5.41, 5.74) is 12.3. The number of rotatable bonds is 19. The molecule has 68 heavy (non-hydrogen) atoms. The van der Waals surface area contributed by atoms with E-state index in [2.05, 4.69) is 195 Å². The maximum Gasteiger partial charge on any atom is 0.494 e. The Balaban J connectivity index is 1.44. The van der Waals surface area contributed by atoms with Crippen LogP contribution in [0.1, 0.15) is 223 Å². The van der Waals surface area contributed by atoms with E-state index >= 15 is 0 Å². The van der Waals surface area contributed by atoms with Crippen LogP contribution in [0.15, 0.2) is 78.9 Å².